The number of aromatic amines is 2. The molecule has 14 heteroatoms. The fourth-order valence-electron chi connectivity index (χ4n) is 6.72. The van der Waals surface area contributed by atoms with E-state index in [0.717, 1.165) is 53.3 Å². The maximum Gasteiger partial charge on any atom is 0.407 e. The van der Waals surface area contributed by atoms with Crippen molar-refractivity contribution in [3.05, 3.63) is 71.7 Å². The molecule has 2 saturated heterocycles. The molecule has 0 aliphatic carbocycles. The molecule has 6 rings (SSSR count). The molecule has 0 bridgehead atoms. The highest BCUT2D eigenvalue weighted by molar-refractivity contribution is 5.88. The molecular weight excluding hydrogens is 652 g/mol. The quantitative estimate of drug-likeness (QED) is 0.196. The monoisotopic (exact) mass is 694 g/mol. The molecule has 266 valence electrons. The number of hydrogen-bond donors (Lipinski definition) is 4. The van der Waals surface area contributed by atoms with Gasteiger partial charge in [-0.25, -0.2) is 19.6 Å². The Morgan fingerprint density at radius 2 is 1.53 bits per heavy atom. The summed E-state index contributed by atoms with van der Waals surface area (Å²) in [6, 6.07) is 11.1. The summed E-state index contributed by atoms with van der Waals surface area (Å²) in [4.78, 5) is 68.9. The van der Waals surface area contributed by atoms with Crippen molar-refractivity contribution in [2.45, 2.75) is 57.7 Å². The first-order valence-electron chi connectivity index (χ1n) is 17.1. The number of rotatable bonds is 8. The van der Waals surface area contributed by atoms with Gasteiger partial charge in [0.1, 0.15) is 29.9 Å². The van der Waals surface area contributed by atoms with Crippen LogP contribution in [0.4, 0.5) is 9.59 Å². The van der Waals surface area contributed by atoms with Gasteiger partial charge in [-0.1, -0.05) is 38.0 Å². The lowest BCUT2D eigenvalue weighted by molar-refractivity contribution is -0.135. The number of ether oxygens (including phenoxy) is 2. The minimum Gasteiger partial charge on any atom is -0.453 e. The number of nitrogens with zero attached hydrogens (tertiary/aromatic N) is 4. The Kier molecular flexibility index (Phi) is 10.5. The normalized spacial score (nSPS) is 17.6. The SMILES string of the molecule is COC(=O)NCC(=O)N1CCC[C@@H]1c1ncc(-c2ccc3cc(C#Cc4cnc([C@H]5CCCN5C(=O)C(NC(=O)OC)C(C)C)[nH]4)ccc3c2)[nH]1. The molecule has 2 aliphatic rings. The van der Waals surface area contributed by atoms with Gasteiger partial charge in [-0.2, -0.15) is 0 Å². The zero-order chi connectivity index (χ0) is 36.1. The maximum atomic E-state index is 13.4. The van der Waals surface area contributed by atoms with E-state index < -0.39 is 18.2 Å². The molecular formula is C37H42N8O6. The number of carbonyl (C=O) groups is 4. The molecule has 4 amide bonds. The van der Waals surface area contributed by atoms with Crippen LogP contribution in [0.3, 0.4) is 0 Å². The van der Waals surface area contributed by atoms with Crippen LogP contribution in [0.15, 0.2) is 48.8 Å². The van der Waals surface area contributed by atoms with Crippen molar-refractivity contribution in [2.75, 3.05) is 33.9 Å². The molecule has 2 fully saturated rings. The van der Waals surface area contributed by atoms with Crippen molar-refractivity contribution >= 4 is 34.8 Å². The summed E-state index contributed by atoms with van der Waals surface area (Å²) < 4.78 is 9.30. The lowest BCUT2D eigenvalue weighted by Crippen LogP contribution is -2.51. The third kappa shape index (κ3) is 7.82. The van der Waals surface area contributed by atoms with Crippen molar-refractivity contribution in [2.24, 2.45) is 5.92 Å². The molecule has 1 unspecified atom stereocenters. The van der Waals surface area contributed by atoms with Crippen molar-refractivity contribution < 1.29 is 28.7 Å². The molecule has 4 aromatic rings. The van der Waals surface area contributed by atoms with Crippen LogP contribution in [0.25, 0.3) is 22.0 Å². The second-order valence-electron chi connectivity index (χ2n) is 13.0. The van der Waals surface area contributed by atoms with E-state index in [2.05, 4.69) is 53.2 Å². The number of hydrogen-bond acceptors (Lipinski definition) is 8. The van der Waals surface area contributed by atoms with E-state index in [1.807, 2.05) is 44.2 Å². The largest absolute Gasteiger partial charge is 0.453 e. The van der Waals surface area contributed by atoms with Crippen molar-refractivity contribution in [3.63, 3.8) is 0 Å². The highest BCUT2D eigenvalue weighted by Gasteiger charge is 2.37. The van der Waals surface area contributed by atoms with E-state index in [-0.39, 0.29) is 36.4 Å². The Hall–Kier alpha value is -5.84. The summed E-state index contributed by atoms with van der Waals surface area (Å²) in [6.07, 6.45) is 5.42. The number of carbonyl (C=O) groups excluding carboxylic acids is 4. The van der Waals surface area contributed by atoms with Gasteiger partial charge in [-0.05, 0) is 66.5 Å². The van der Waals surface area contributed by atoms with Crippen LogP contribution < -0.4 is 10.6 Å². The van der Waals surface area contributed by atoms with E-state index in [1.54, 1.807) is 22.2 Å². The number of methoxy groups -OCH3 is 2. The third-order valence-corrected chi connectivity index (χ3v) is 9.38. The summed E-state index contributed by atoms with van der Waals surface area (Å²) in [7, 11) is 2.54. The van der Waals surface area contributed by atoms with Gasteiger partial charge >= 0.3 is 12.2 Å². The average molecular weight is 695 g/mol. The zero-order valence-corrected chi connectivity index (χ0v) is 29.1. The molecule has 14 nitrogen and oxygen atoms in total. The Bertz CT molecular complexity index is 1990. The summed E-state index contributed by atoms with van der Waals surface area (Å²) in [5.41, 5.74) is 3.30. The van der Waals surface area contributed by atoms with Crippen LogP contribution in [0.5, 0.6) is 0 Å². The van der Waals surface area contributed by atoms with Gasteiger partial charge in [-0.15, -0.1) is 0 Å². The molecule has 0 radical (unpaired) electrons. The van der Waals surface area contributed by atoms with E-state index >= 15 is 0 Å². The first kappa shape index (κ1) is 35.0. The number of alkyl carbamates (subject to hydrolysis) is 2. The minimum atomic E-state index is -0.697. The fraction of sp³-hybridized carbons (Fsp3) is 0.405. The predicted molar refractivity (Wildman–Crippen MR) is 188 cm³/mol. The van der Waals surface area contributed by atoms with E-state index in [0.29, 0.717) is 30.4 Å². The number of benzene rings is 2. The van der Waals surface area contributed by atoms with Crippen LogP contribution in [0.2, 0.25) is 0 Å². The molecule has 4 N–H and O–H groups in total. The Morgan fingerprint density at radius 1 is 0.863 bits per heavy atom. The third-order valence-electron chi connectivity index (χ3n) is 9.38. The van der Waals surface area contributed by atoms with E-state index in [9.17, 15) is 19.2 Å². The first-order valence-corrected chi connectivity index (χ1v) is 17.1. The molecule has 51 heavy (non-hydrogen) atoms. The molecule has 2 aliphatic heterocycles. The standard InChI is InChI=1S/C37H42N8O6/c1-22(2)32(43-37(49)51-4)35(47)45-16-6-8-30(45)33-38-19-27(41-33)14-10-23-9-11-25-18-26(13-12-24(25)17-23)28-20-39-34(42-28)29-7-5-15-44(29)31(46)21-40-36(48)50-3/h9,11-13,17-20,22,29-30,32H,5-8,15-16,21H2,1-4H3,(H,38,41)(H,39,42)(H,40,48)(H,43,49)/t29-,30-,32?/m1/s1. The van der Waals surface area contributed by atoms with Crippen molar-refractivity contribution in [3.8, 4) is 23.1 Å². The molecule has 0 saturated carbocycles. The van der Waals surface area contributed by atoms with Crippen LogP contribution in [-0.4, -0.2) is 93.6 Å². The molecule has 2 aromatic heterocycles. The van der Waals surface area contributed by atoms with Gasteiger partial charge in [0.05, 0.1) is 44.4 Å². The van der Waals surface area contributed by atoms with Gasteiger partial charge in [0, 0.05) is 24.2 Å². The van der Waals surface area contributed by atoms with Gasteiger partial charge in [0.2, 0.25) is 11.8 Å². The number of imidazole rings is 2. The molecule has 4 heterocycles. The second kappa shape index (κ2) is 15.4. The number of nitrogens with one attached hydrogen (secondary N) is 4. The maximum absolute atomic E-state index is 13.4. The summed E-state index contributed by atoms with van der Waals surface area (Å²) in [5, 5.41) is 7.20. The van der Waals surface area contributed by atoms with Gasteiger partial charge < -0.3 is 39.9 Å². The van der Waals surface area contributed by atoms with E-state index in [1.165, 1.54) is 14.2 Å². The minimum absolute atomic E-state index is 0.112. The lowest BCUT2D eigenvalue weighted by atomic mass is 10.0. The average Bonchev–Trinajstić information content (AvgIpc) is 3.97. The zero-order valence-electron chi connectivity index (χ0n) is 29.1. The first-order chi connectivity index (χ1) is 24.6. The van der Waals surface area contributed by atoms with Gasteiger partial charge in [0.15, 0.2) is 0 Å². The summed E-state index contributed by atoms with van der Waals surface area (Å²) in [5.74, 6) is 7.32. The number of H-pyrrole nitrogens is 2. The van der Waals surface area contributed by atoms with E-state index in [4.69, 9.17) is 4.74 Å². The number of amides is 4. The van der Waals surface area contributed by atoms with Gasteiger partial charge in [-0.3, -0.25) is 9.59 Å². The molecule has 0 spiro atoms. The Labute approximate surface area is 295 Å². The van der Waals surface area contributed by atoms with Crippen molar-refractivity contribution in [1.82, 2.24) is 40.4 Å². The smallest absolute Gasteiger partial charge is 0.407 e. The van der Waals surface area contributed by atoms with Crippen molar-refractivity contribution in [1.29, 1.82) is 0 Å². The Balaban J connectivity index is 1.12. The molecule has 3 atom stereocenters. The highest BCUT2D eigenvalue weighted by atomic mass is 16.5. The van der Waals surface area contributed by atoms with Crippen LogP contribution >= 0.6 is 0 Å². The topological polar surface area (TPSA) is 175 Å². The molecule has 2 aromatic carbocycles. The Morgan fingerprint density at radius 3 is 2.27 bits per heavy atom. The summed E-state index contributed by atoms with van der Waals surface area (Å²) >= 11 is 0. The van der Waals surface area contributed by atoms with Gasteiger partial charge in [0.25, 0.3) is 0 Å². The van der Waals surface area contributed by atoms with Crippen LogP contribution in [0.1, 0.15) is 74.5 Å². The number of aromatic nitrogens is 4. The fourth-order valence-corrected chi connectivity index (χ4v) is 6.72. The second-order valence-corrected chi connectivity index (χ2v) is 13.0. The predicted octanol–water partition coefficient (Wildman–Crippen LogP) is 4.42. The van der Waals surface area contributed by atoms with Crippen LogP contribution in [0, 0.1) is 17.8 Å². The highest BCUT2D eigenvalue weighted by Crippen LogP contribution is 2.33. The lowest BCUT2D eigenvalue weighted by Gasteiger charge is -2.29. The number of likely N-dealkylation sites (tertiary alicyclic amines) is 2. The summed E-state index contributed by atoms with van der Waals surface area (Å²) in [6.45, 7) is 4.82. The van der Waals surface area contributed by atoms with Crippen LogP contribution in [-0.2, 0) is 19.1 Å². The number of fused-ring (bicyclic) bond motifs is 1.